The molecule has 11 heteroatoms. The molecule has 4 rings (SSSR count). The van der Waals surface area contributed by atoms with Gasteiger partial charge >= 0.3 is 6.03 Å². The Labute approximate surface area is 223 Å². The second kappa shape index (κ2) is 12.8. The lowest BCUT2D eigenvalue weighted by Crippen LogP contribution is -2.53. The minimum atomic E-state index is -0.491. The summed E-state index contributed by atoms with van der Waals surface area (Å²) in [7, 11) is 1.79. The summed E-state index contributed by atoms with van der Waals surface area (Å²) < 4.78 is 19.3. The van der Waals surface area contributed by atoms with E-state index in [1.807, 2.05) is 44.7 Å². The van der Waals surface area contributed by atoms with Crippen molar-refractivity contribution in [2.24, 2.45) is 5.84 Å². The van der Waals surface area contributed by atoms with Gasteiger partial charge in [0.05, 0.1) is 17.8 Å². The zero-order chi connectivity index (χ0) is 28.0. The third-order valence-corrected chi connectivity index (χ3v) is 6.48. The molecule has 0 spiro atoms. The van der Waals surface area contributed by atoms with Crippen molar-refractivity contribution >= 4 is 24.0 Å². The number of nitrogens with one attached hydrogen (secondary N) is 2. The van der Waals surface area contributed by atoms with Crippen LogP contribution < -0.4 is 11.2 Å². The Morgan fingerprint density at radius 2 is 1.92 bits per heavy atom. The molecule has 1 aromatic carbocycles. The van der Waals surface area contributed by atoms with Gasteiger partial charge in [0, 0.05) is 39.3 Å². The zero-order valence-electron chi connectivity index (χ0n) is 22.7. The maximum absolute atomic E-state index is 13.7. The number of anilines is 1. The van der Waals surface area contributed by atoms with Gasteiger partial charge in [-0.2, -0.15) is 0 Å². The second-order valence-electron chi connectivity index (χ2n) is 9.88. The van der Waals surface area contributed by atoms with E-state index < -0.39 is 5.82 Å². The molecule has 4 N–H and O–H groups in total. The van der Waals surface area contributed by atoms with Crippen molar-refractivity contribution in [2.45, 2.75) is 58.9 Å². The molecule has 1 aromatic heterocycles. The third-order valence-electron chi connectivity index (χ3n) is 6.48. The van der Waals surface area contributed by atoms with Gasteiger partial charge in [-0.1, -0.05) is 6.07 Å². The quantitative estimate of drug-likeness (QED) is 0.183. The number of rotatable bonds is 4. The van der Waals surface area contributed by atoms with Crippen LogP contribution in [-0.4, -0.2) is 82.9 Å². The molecule has 10 nitrogen and oxygen atoms in total. The van der Waals surface area contributed by atoms with Gasteiger partial charge in [-0.25, -0.2) is 20.0 Å². The van der Waals surface area contributed by atoms with Gasteiger partial charge in [-0.05, 0) is 69.5 Å². The Hall–Kier alpha value is -3.57. The zero-order valence-corrected chi connectivity index (χ0v) is 22.7. The Kier molecular flexibility index (Phi) is 9.76. The highest BCUT2D eigenvalue weighted by molar-refractivity contribution is 5.94. The average molecular weight is 528 g/mol. The molecule has 1 saturated heterocycles. The van der Waals surface area contributed by atoms with Crippen molar-refractivity contribution in [3.05, 3.63) is 58.5 Å². The number of hydrogen-bond donors (Lipinski definition) is 3. The fourth-order valence-electron chi connectivity index (χ4n) is 4.48. The van der Waals surface area contributed by atoms with Crippen LogP contribution in [-0.2, 0) is 17.7 Å². The number of amides is 2. The molecular weight excluding hydrogens is 489 g/mol. The Morgan fingerprint density at radius 3 is 2.53 bits per heavy atom. The lowest BCUT2D eigenvalue weighted by Gasteiger charge is -2.39. The minimum absolute atomic E-state index is 0.0189. The van der Waals surface area contributed by atoms with E-state index in [1.165, 1.54) is 11.1 Å². The van der Waals surface area contributed by atoms with Crippen molar-refractivity contribution in [3.8, 4) is 0 Å². The topological polar surface area (TPSA) is 128 Å². The lowest BCUT2D eigenvalue weighted by molar-refractivity contribution is -0.0585. The molecular formula is C27H38FN7O3. The SMILES string of the molecule is CC1CN(C(=O)N2CCc3cc(F)c(C=O)cc3C2)CC(C)O1.CNc1cccc(C(=N)N(N)C(C)C)n1. The van der Waals surface area contributed by atoms with Crippen molar-refractivity contribution in [3.63, 3.8) is 0 Å². The summed E-state index contributed by atoms with van der Waals surface area (Å²) in [5.74, 6) is 6.20. The predicted octanol–water partition coefficient (Wildman–Crippen LogP) is 3.26. The second-order valence-corrected chi connectivity index (χ2v) is 9.88. The largest absolute Gasteiger partial charge is 0.373 e. The van der Waals surface area contributed by atoms with E-state index >= 15 is 0 Å². The van der Waals surface area contributed by atoms with E-state index in [4.69, 9.17) is 16.0 Å². The van der Waals surface area contributed by atoms with E-state index in [0.717, 1.165) is 16.9 Å². The number of ether oxygens (including phenoxy) is 1. The molecule has 2 aromatic rings. The standard InChI is InChI=1S/C17H21FN2O3.C10H17N5/c1-11-7-20(8-12(2)23-11)17(22)19-4-3-13-6-16(18)15(10-21)5-14(13)9-19;1-7(2)15(12)10(11)8-5-4-6-9(13-3)14-8/h5-6,10-12H,3-4,7-9H2,1-2H3;4-7,11H,12H2,1-3H3,(H,13,14). The summed E-state index contributed by atoms with van der Waals surface area (Å²) in [6.07, 6.45) is 1.17. The van der Waals surface area contributed by atoms with Crippen molar-refractivity contribution in [1.82, 2.24) is 19.8 Å². The normalized spacial score (nSPS) is 18.7. The van der Waals surface area contributed by atoms with E-state index in [1.54, 1.807) is 24.1 Å². The maximum atomic E-state index is 13.7. The number of fused-ring (bicyclic) bond motifs is 1. The van der Waals surface area contributed by atoms with Crippen LogP contribution >= 0.6 is 0 Å². The highest BCUT2D eigenvalue weighted by Crippen LogP contribution is 2.24. The van der Waals surface area contributed by atoms with Crippen molar-refractivity contribution in [1.29, 1.82) is 5.41 Å². The van der Waals surface area contributed by atoms with Gasteiger partial charge in [0.1, 0.15) is 17.3 Å². The molecule has 0 bridgehead atoms. The Balaban J connectivity index is 0.000000232. The predicted molar refractivity (Wildman–Crippen MR) is 145 cm³/mol. The Bertz CT molecular complexity index is 1150. The number of nitrogens with two attached hydrogens (primary N) is 1. The van der Waals surface area contributed by atoms with E-state index in [2.05, 4.69) is 10.3 Å². The molecule has 38 heavy (non-hydrogen) atoms. The molecule has 2 atom stereocenters. The van der Waals surface area contributed by atoms with Gasteiger partial charge in [-0.3, -0.25) is 15.2 Å². The van der Waals surface area contributed by atoms with Crippen LogP contribution in [0.25, 0.3) is 0 Å². The summed E-state index contributed by atoms with van der Waals surface area (Å²) in [4.78, 5) is 31.4. The van der Waals surface area contributed by atoms with Crippen LogP contribution in [0.4, 0.5) is 15.0 Å². The van der Waals surface area contributed by atoms with Crippen molar-refractivity contribution < 1.29 is 18.7 Å². The minimum Gasteiger partial charge on any atom is -0.373 e. The van der Waals surface area contributed by atoms with Gasteiger partial charge in [0.15, 0.2) is 12.1 Å². The summed E-state index contributed by atoms with van der Waals surface area (Å²) in [6, 6.07) is 8.49. The molecule has 0 saturated carbocycles. The number of carbonyl (C=O) groups excluding carboxylic acids is 2. The number of pyridine rings is 1. The third kappa shape index (κ3) is 7.05. The average Bonchev–Trinajstić information content (AvgIpc) is 2.90. The number of halogens is 1. The number of aldehydes is 1. The van der Waals surface area contributed by atoms with Gasteiger partial charge in [-0.15, -0.1) is 0 Å². The fourth-order valence-corrected chi connectivity index (χ4v) is 4.48. The van der Waals surface area contributed by atoms with Crippen LogP contribution in [0.2, 0.25) is 0 Å². The van der Waals surface area contributed by atoms with E-state index in [-0.39, 0.29) is 35.7 Å². The highest BCUT2D eigenvalue weighted by Gasteiger charge is 2.31. The first-order chi connectivity index (χ1) is 18.0. The lowest BCUT2D eigenvalue weighted by atomic mass is 9.97. The van der Waals surface area contributed by atoms with Gasteiger partial charge in [0.2, 0.25) is 0 Å². The first kappa shape index (κ1) is 29.0. The fraction of sp³-hybridized carbons (Fsp3) is 0.481. The number of morpholine rings is 1. The van der Waals surface area contributed by atoms with Gasteiger partial charge < -0.3 is 19.9 Å². The van der Waals surface area contributed by atoms with Crippen LogP contribution in [0.3, 0.4) is 0 Å². The van der Waals surface area contributed by atoms with Crippen molar-refractivity contribution in [2.75, 3.05) is 32.0 Å². The molecule has 3 heterocycles. The first-order valence-electron chi connectivity index (χ1n) is 12.8. The number of benzene rings is 1. The molecule has 2 aliphatic heterocycles. The van der Waals surface area contributed by atoms with Crippen LogP contribution in [0, 0.1) is 11.2 Å². The van der Waals surface area contributed by atoms with E-state index in [9.17, 15) is 14.0 Å². The number of nitrogens with zero attached hydrogens (tertiary/aromatic N) is 4. The molecule has 2 aliphatic rings. The number of hydrazine groups is 1. The van der Waals surface area contributed by atoms with E-state index in [0.29, 0.717) is 44.6 Å². The number of aromatic nitrogens is 1. The first-order valence-corrected chi connectivity index (χ1v) is 12.8. The summed E-state index contributed by atoms with van der Waals surface area (Å²) >= 11 is 0. The van der Waals surface area contributed by atoms with Crippen LogP contribution in [0.15, 0.2) is 30.3 Å². The maximum Gasteiger partial charge on any atom is 0.320 e. The smallest absolute Gasteiger partial charge is 0.320 e. The molecule has 0 aliphatic carbocycles. The number of hydrogen-bond acceptors (Lipinski definition) is 7. The van der Waals surface area contributed by atoms with Crippen LogP contribution in [0.5, 0.6) is 0 Å². The molecule has 206 valence electrons. The number of urea groups is 1. The molecule has 2 amide bonds. The summed E-state index contributed by atoms with van der Waals surface area (Å²) in [6.45, 7) is 9.90. The van der Waals surface area contributed by atoms with Gasteiger partial charge in [0.25, 0.3) is 0 Å². The highest BCUT2D eigenvalue weighted by atomic mass is 19.1. The molecule has 1 fully saturated rings. The molecule has 2 unspecified atom stereocenters. The molecule has 0 radical (unpaired) electrons. The number of amidine groups is 1. The van der Waals surface area contributed by atoms with Crippen LogP contribution in [0.1, 0.15) is 54.9 Å². The summed E-state index contributed by atoms with van der Waals surface area (Å²) in [5, 5.41) is 12.2. The Morgan fingerprint density at radius 1 is 1.24 bits per heavy atom. The summed E-state index contributed by atoms with van der Waals surface area (Å²) in [5.41, 5.74) is 2.34. The monoisotopic (exact) mass is 527 g/mol. The number of carbonyl (C=O) groups is 2.